The van der Waals surface area contributed by atoms with Crippen molar-refractivity contribution < 1.29 is 5.11 Å². The van der Waals surface area contributed by atoms with E-state index in [0.29, 0.717) is 0 Å². The third kappa shape index (κ3) is 6.68. The molecule has 1 aromatic heterocycles. The average Bonchev–Trinajstić information content (AvgIpc) is 2.17. The molecule has 0 aliphatic carbocycles. The number of rotatable bonds is 4. The van der Waals surface area contributed by atoms with Gasteiger partial charge in [-0.1, -0.05) is 0 Å². The third-order valence-corrected chi connectivity index (χ3v) is 1.92. The molecular formula is C10H18Cl2N2O. The quantitative estimate of drug-likeness (QED) is 0.859. The molecule has 3 nitrogen and oxygen atoms in total. The number of halogens is 2. The molecule has 1 heterocycles. The molecule has 0 bridgehead atoms. The summed E-state index contributed by atoms with van der Waals surface area (Å²) < 4.78 is 0. The highest BCUT2D eigenvalue weighted by Crippen LogP contribution is 2.03. The van der Waals surface area contributed by atoms with Gasteiger partial charge in [-0.2, -0.15) is 0 Å². The fourth-order valence-electron chi connectivity index (χ4n) is 0.898. The lowest BCUT2D eigenvalue weighted by atomic mass is 10.1. The number of nitrogens with zero attached hydrogens (tertiary/aromatic N) is 1. The first-order valence-electron chi connectivity index (χ1n) is 4.39. The van der Waals surface area contributed by atoms with Crippen molar-refractivity contribution in [2.75, 3.05) is 6.61 Å². The summed E-state index contributed by atoms with van der Waals surface area (Å²) in [7, 11) is 0. The van der Waals surface area contributed by atoms with Gasteiger partial charge in [0, 0.05) is 24.5 Å². The number of pyridine rings is 1. The van der Waals surface area contributed by atoms with Gasteiger partial charge in [0.25, 0.3) is 0 Å². The molecule has 2 N–H and O–H groups in total. The summed E-state index contributed by atoms with van der Waals surface area (Å²) >= 11 is 0. The van der Waals surface area contributed by atoms with Crippen LogP contribution in [0.25, 0.3) is 0 Å². The van der Waals surface area contributed by atoms with Gasteiger partial charge in [-0.25, -0.2) is 0 Å². The molecule has 0 atom stereocenters. The molecule has 0 fully saturated rings. The van der Waals surface area contributed by atoms with Crippen molar-refractivity contribution in [2.45, 2.75) is 25.9 Å². The molecule has 0 aromatic carbocycles. The summed E-state index contributed by atoms with van der Waals surface area (Å²) in [5, 5.41) is 12.2. The fourth-order valence-corrected chi connectivity index (χ4v) is 0.898. The first kappa shape index (κ1) is 17.1. The lowest BCUT2D eigenvalue weighted by molar-refractivity contribution is 0.187. The van der Waals surface area contributed by atoms with Crippen LogP contribution >= 0.6 is 24.8 Å². The highest BCUT2D eigenvalue weighted by molar-refractivity contribution is 5.85. The molecule has 0 unspecified atom stereocenters. The van der Waals surface area contributed by atoms with Crippen molar-refractivity contribution in [1.29, 1.82) is 0 Å². The molecule has 0 amide bonds. The molecule has 1 rings (SSSR count). The van der Waals surface area contributed by atoms with Crippen LogP contribution in [0.3, 0.4) is 0 Å². The molecule has 0 spiro atoms. The average molecular weight is 253 g/mol. The van der Waals surface area contributed by atoms with Crippen LogP contribution in [0.4, 0.5) is 0 Å². The maximum Gasteiger partial charge on any atom is 0.0607 e. The van der Waals surface area contributed by atoms with E-state index in [-0.39, 0.29) is 37.0 Å². The third-order valence-electron chi connectivity index (χ3n) is 1.92. The van der Waals surface area contributed by atoms with E-state index in [1.54, 1.807) is 12.4 Å². The van der Waals surface area contributed by atoms with Crippen molar-refractivity contribution in [3.63, 3.8) is 0 Å². The zero-order chi connectivity index (χ0) is 9.73. The Labute approximate surface area is 103 Å². The summed E-state index contributed by atoms with van der Waals surface area (Å²) in [6, 6.07) is 3.92. The van der Waals surface area contributed by atoms with Crippen molar-refractivity contribution in [1.82, 2.24) is 10.3 Å². The fraction of sp³-hybridized carbons (Fsp3) is 0.500. The van der Waals surface area contributed by atoms with Crippen LogP contribution in [0.1, 0.15) is 19.4 Å². The van der Waals surface area contributed by atoms with Gasteiger partial charge < -0.3 is 10.4 Å². The lowest BCUT2D eigenvalue weighted by Gasteiger charge is -2.23. The maximum absolute atomic E-state index is 9.00. The monoisotopic (exact) mass is 252 g/mol. The number of hydrogen-bond acceptors (Lipinski definition) is 3. The van der Waals surface area contributed by atoms with Gasteiger partial charge in [-0.15, -0.1) is 24.8 Å². The minimum Gasteiger partial charge on any atom is -0.394 e. The Hall–Kier alpha value is -0.350. The summed E-state index contributed by atoms with van der Waals surface area (Å²) in [6.07, 6.45) is 3.53. The Morgan fingerprint density at radius 3 is 2.27 bits per heavy atom. The van der Waals surface area contributed by atoms with Crippen molar-refractivity contribution in [2.24, 2.45) is 0 Å². The highest BCUT2D eigenvalue weighted by Gasteiger charge is 2.14. The van der Waals surface area contributed by atoms with Gasteiger partial charge in [0.2, 0.25) is 0 Å². The van der Waals surface area contributed by atoms with Crippen LogP contribution in [0, 0.1) is 0 Å². The van der Waals surface area contributed by atoms with Crippen molar-refractivity contribution >= 4 is 24.8 Å². The zero-order valence-corrected chi connectivity index (χ0v) is 10.6. The van der Waals surface area contributed by atoms with E-state index in [9.17, 15) is 0 Å². The summed E-state index contributed by atoms with van der Waals surface area (Å²) in [6.45, 7) is 4.83. The largest absolute Gasteiger partial charge is 0.394 e. The van der Waals surface area contributed by atoms with Gasteiger partial charge in [0.15, 0.2) is 0 Å². The first-order valence-corrected chi connectivity index (χ1v) is 4.39. The van der Waals surface area contributed by atoms with Gasteiger partial charge in [-0.3, -0.25) is 4.98 Å². The predicted molar refractivity (Wildman–Crippen MR) is 66.7 cm³/mol. The second kappa shape index (κ2) is 7.88. The zero-order valence-electron chi connectivity index (χ0n) is 8.93. The van der Waals surface area contributed by atoms with Gasteiger partial charge >= 0.3 is 0 Å². The highest BCUT2D eigenvalue weighted by atomic mass is 35.5. The van der Waals surface area contributed by atoms with E-state index < -0.39 is 0 Å². The van der Waals surface area contributed by atoms with E-state index in [4.69, 9.17) is 5.11 Å². The van der Waals surface area contributed by atoms with Crippen LogP contribution in [-0.2, 0) is 6.54 Å². The number of aliphatic hydroxyl groups excluding tert-OH is 1. The molecule has 5 heteroatoms. The van der Waals surface area contributed by atoms with Crippen LogP contribution in [0.15, 0.2) is 24.5 Å². The molecule has 0 saturated heterocycles. The Kier molecular flexibility index (Phi) is 8.96. The van der Waals surface area contributed by atoms with Crippen LogP contribution in [-0.4, -0.2) is 22.2 Å². The van der Waals surface area contributed by atoms with E-state index in [1.165, 1.54) is 5.56 Å². The van der Waals surface area contributed by atoms with Crippen LogP contribution in [0.2, 0.25) is 0 Å². The number of aliphatic hydroxyl groups is 1. The normalized spacial score (nSPS) is 10.1. The van der Waals surface area contributed by atoms with Crippen LogP contribution in [0.5, 0.6) is 0 Å². The summed E-state index contributed by atoms with van der Waals surface area (Å²) in [5.41, 5.74) is 0.958. The Morgan fingerprint density at radius 2 is 1.80 bits per heavy atom. The topological polar surface area (TPSA) is 45.1 Å². The molecule has 0 aliphatic heterocycles. The first-order chi connectivity index (χ1) is 6.14. The summed E-state index contributed by atoms with van der Waals surface area (Å²) in [4.78, 5) is 3.93. The number of aromatic nitrogens is 1. The van der Waals surface area contributed by atoms with E-state index >= 15 is 0 Å². The number of hydrogen-bond donors (Lipinski definition) is 2. The maximum atomic E-state index is 9.00. The minimum absolute atomic E-state index is 0. The van der Waals surface area contributed by atoms with E-state index in [1.807, 2.05) is 26.0 Å². The molecule has 0 aliphatic rings. The van der Waals surface area contributed by atoms with Gasteiger partial charge in [-0.05, 0) is 31.5 Å². The Bertz CT molecular complexity index is 255. The molecule has 0 saturated carbocycles. The smallest absolute Gasteiger partial charge is 0.0607 e. The molecule has 15 heavy (non-hydrogen) atoms. The molecule has 0 radical (unpaired) electrons. The van der Waals surface area contributed by atoms with Crippen LogP contribution < -0.4 is 5.32 Å². The SMILES string of the molecule is CC(C)(CO)NCc1ccncc1.Cl.Cl. The molecular weight excluding hydrogens is 235 g/mol. The second-order valence-corrected chi connectivity index (χ2v) is 3.75. The predicted octanol–water partition coefficient (Wildman–Crippen LogP) is 1.79. The molecule has 1 aromatic rings. The minimum atomic E-state index is -0.219. The number of nitrogens with one attached hydrogen (secondary N) is 1. The molecule has 88 valence electrons. The van der Waals surface area contributed by atoms with Crippen molar-refractivity contribution in [3.05, 3.63) is 30.1 Å². The van der Waals surface area contributed by atoms with E-state index in [2.05, 4.69) is 10.3 Å². The Balaban J connectivity index is 0. The Morgan fingerprint density at radius 1 is 1.27 bits per heavy atom. The van der Waals surface area contributed by atoms with Gasteiger partial charge in [0.1, 0.15) is 0 Å². The second-order valence-electron chi connectivity index (χ2n) is 3.75. The van der Waals surface area contributed by atoms with Gasteiger partial charge in [0.05, 0.1) is 6.61 Å². The van der Waals surface area contributed by atoms with Crippen molar-refractivity contribution in [3.8, 4) is 0 Å². The summed E-state index contributed by atoms with van der Waals surface area (Å²) in [5.74, 6) is 0. The van der Waals surface area contributed by atoms with E-state index in [0.717, 1.165) is 6.54 Å². The standard InChI is InChI=1S/C10H16N2O.2ClH/c1-10(2,8-13)12-7-9-3-5-11-6-4-9;;/h3-6,12-13H,7-8H2,1-2H3;2*1H. The lowest BCUT2D eigenvalue weighted by Crippen LogP contribution is -2.42.